The van der Waals surface area contributed by atoms with E-state index in [4.69, 9.17) is 11.6 Å². The van der Waals surface area contributed by atoms with Crippen molar-refractivity contribution < 1.29 is 5.11 Å². The normalized spacial score (nSPS) is 18.5. The number of rotatable bonds is 4. The quantitative estimate of drug-likeness (QED) is 0.891. The summed E-state index contributed by atoms with van der Waals surface area (Å²) in [5.74, 6) is 0.404. The van der Waals surface area contributed by atoms with E-state index < -0.39 is 0 Å². The van der Waals surface area contributed by atoms with Gasteiger partial charge in [-0.05, 0) is 31.0 Å². The number of nitrogens with one attached hydrogen (secondary N) is 1. The molecule has 1 aliphatic rings. The van der Waals surface area contributed by atoms with E-state index in [-0.39, 0.29) is 6.04 Å². The molecule has 1 atom stereocenters. The predicted molar refractivity (Wildman–Crippen MR) is 79.9 cm³/mol. The van der Waals surface area contributed by atoms with Crippen molar-refractivity contribution in [1.29, 1.82) is 0 Å². The zero-order chi connectivity index (χ0) is 13.8. The fraction of sp³-hybridized carbons (Fsp3) is 0.600. The molecule has 0 spiro atoms. The molecule has 1 aromatic carbocycles. The predicted octanol–water partition coefficient (Wildman–Crippen LogP) is 3.10. The molecule has 3 nitrogen and oxygen atoms in total. The van der Waals surface area contributed by atoms with Crippen molar-refractivity contribution >= 4 is 11.6 Å². The van der Waals surface area contributed by atoms with Gasteiger partial charge in [0.2, 0.25) is 0 Å². The Morgan fingerprint density at radius 2 is 2.05 bits per heavy atom. The topological polar surface area (TPSA) is 35.5 Å². The van der Waals surface area contributed by atoms with Crippen molar-refractivity contribution in [2.24, 2.45) is 0 Å². The van der Waals surface area contributed by atoms with Gasteiger partial charge in [-0.2, -0.15) is 0 Å². The molecule has 0 bridgehead atoms. The third-order valence-electron chi connectivity index (χ3n) is 3.81. The van der Waals surface area contributed by atoms with Crippen LogP contribution >= 0.6 is 11.6 Å². The molecule has 4 heteroatoms. The van der Waals surface area contributed by atoms with E-state index in [0.29, 0.717) is 10.8 Å². The van der Waals surface area contributed by atoms with Crippen LogP contribution in [0.25, 0.3) is 0 Å². The number of aromatic hydroxyl groups is 1. The van der Waals surface area contributed by atoms with Crippen molar-refractivity contribution in [2.45, 2.75) is 32.7 Å². The Bertz CT molecular complexity index is 430. The molecule has 0 radical (unpaired) electrons. The van der Waals surface area contributed by atoms with Gasteiger partial charge in [-0.15, -0.1) is 0 Å². The summed E-state index contributed by atoms with van der Waals surface area (Å²) in [7, 11) is 0. The lowest BCUT2D eigenvalue weighted by atomic mass is 9.97. The van der Waals surface area contributed by atoms with Gasteiger partial charge in [-0.3, -0.25) is 4.90 Å². The summed E-state index contributed by atoms with van der Waals surface area (Å²) in [4.78, 5) is 2.45. The van der Waals surface area contributed by atoms with Gasteiger partial charge < -0.3 is 10.4 Å². The van der Waals surface area contributed by atoms with Crippen LogP contribution in [-0.4, -0.2) is 36.2 Å². The third-order valence-corrected chi connectivity index (χ3v) is 4.03. The summed E-state index contributed by atoms with van der Waals surface area (Å²) in [6.07, 6.45) is 2.15. The number of piperazine rings is 1. The van der Waals surface area contributed by atoms with Gasteiger partial charge in [-0.25, -0.2) is 0 Å². The zero-order valence-electron chi connectivity index (χ0n) is 11.7. The molecule has 0 aliphatic carbocycles. The van der Waals surface area contributed by atoms with E-state index in [1.165, 1.54) is 0 Å². The van der Waals surface area contributed by atoms with Gasteiger partial charge in [0, 0.05) is 42.8 Å². The monoisotopic (exact) mass is 282 g/mol. The average molecular weight is 283 g/mol. The maximum absolute atomic E-state index is 10.3. The molecule has 2 N–H and O–H groups in total. The van der Waals surface area contributed by atoms with Crippen LogP contribution in [0.15, 0.2) is 12.1 Å². The van der Waals surface area contributed by atoms with E-state index in [1.54, 1.807) is 0 Å². The number of benzene rings is 1. The Hall–Kier alpha value is -0.770. The molecule has 1 saturated heterocycles. The number of hydrogen-bond acceptors (Lipinski definition) is 3. The fourth-order valence-electron chi connectivity index (χ4n) is 2.82. The maximum atomic E-state index is 10.3. The lowest BCUT2D eigenvalue weighted by Crippen LogP contribution is -2.45. The van der Waals surface area contributed by atoms with Crippen LogP contribution in [0.2, 0.25) is 5.02 Å². The first-order valence-electron chi connectivity index (χ1n) is 7.07. The maximum Gasteiger partial charge on any atom is 0.123 e. The van der Waals surface area contributed by atoms with Crippen LogP contribution < -0.4 is 5.32 Å². The SMILES string of the molecule is CCC[C@H](c1cc(Cl)cc(C)c1O)N1CCNCC1. The second-order valence-electron chi connectivity index (χ2n) is 5.25. The molecule has 1 heterocycles. The summed E-state index contributed by atoms with van der Waals surface area (Å²) in [5.41, 5.74) is 1.84. The largest absolute Gasteiger partial charge is 0.507 e. The highest BCUT2D eigenvalue weighted by Gasteiger charge is 2.24. The Kier molecular flexibility index (Phi) is 5.08. The van der Waals surface area contributed by atoms with Crippen LogP contribution in [-0.2, 0) is 0 Å². The highest BCUT2D eigenvalue weighted by molar-refractivity contribution is 6.30. The molecule has 0 unspecified atom stereocenters. The molecule has 1 fully saturated rings. The van der Waals surface area contributed by atoms with Gasteiger partial charge in [0.1, 0.15) is 5.75 Å². The standard InChI is InChI=1S/C15H23ClN2O/c1-3-4-14(18-7-5-17-6-8-18)13-10-12(16)9-11(2)15(13)19/h9-10,14,17,19H,3-8H2,1-2H3/t14-/m1/s1. The number of nitrogens with zero attached hydrogens (tertiary/aromatic N) is 1. The van der Waals surface area contributed by atoms with Gasteiger partial charge in [0.15, 0.2) is 0 Å². The molecular formula is C15H23ClN2O. The molecule has 2 rings (SSSR count). The van der Waals surface area contributed by atoms with Gasteiger partial charge in [0.05, 0.1) is 0 Å². The Labute approximate surface area is 120 Å². The number of halogens is 1. The van der Waals surface area contributed by atoms with Crippen LogP contribution in [0.5, 0.6) is 5.75 Å². The van der Waals surface area contributed by atoms with Gasteiger partial charge in [-0.1, -0.05) is 24.9 Å². The number of phenolic OH excluding ortho intramolecular Hbond substituents is 1. The minimum Gasteiger partial charge on any atom is -0.507 e. The first-order valence-corrected chi connectivity index (χ1v) is 7.45. The van der Waals surface area contributed by atoms with Gasteiger partial charge in [0.25, 0.3) is 0 Å². The fourth-order valence-corrected chi connectivity index (χ4v) is 3.10. The van der Waals surface area contributed by atoms with E-state index in [1.807, 2.05) is 19.1 Å². The highest BCUT2D eigenvalue weighted by Crippen LogP contribution is 2.36. The van der Waals surface area contributed by atoms with Crippen molar-refractivity contribution in [1.82, 2.24) is 10.2 Å². The number of aryl methyl sites for hydroxylation is 1. The lowest BCUT2D eigenvalue weighted by molar-refractivity contribution is 0.162. The van der Waals surface area contributed by atoms with Crippen molar-refractivity contribution in [3.8, 4) is 5.75 Å². The van der Waals surface area contributed by atoms with Crippen LogP contribution in [0.3, 0.4) is 0 Å². The van der Waals surface area contributed by atoms with Crippen LogP contribution in [0, 0.1) is 6.92 Å². The average Bonchev–Trinajstić information content (AvgIpc) is 2.41. The van der Waals surface area contributed by atoms with Crippen molar-refractivity contribution in [3.63, 3.8) is 0 Å². The third kappa shape index (κ3) is 3.41. The second kappa shape index (κ2) is 6.60. The lowest BCUT2D eigenvalue weighted by Gasteiger charge is -2.35. The Balaban J connectivity index is 2.32. The number of hydrogen-bond donors (Lipinski definition) is 2. The summed E-state index contributed by atoms with van der Waals surface area (Å²) < 4.78 is 0. The smallest absolute Gasteiger partial charge is 0.123 e. The second-order valence-corrected chi connectivity index (χ2v) is 5.69. The summed E-state index contributed by atoms with van der Waals surface area (Å²) in [6.45, 7) is 8.17. The summed E-state index contributed by atoms with van der Waals surface area (Å²) >= 11 is 6.16. The first-order chi connectivity index (χ1) is 9.13. The van der Waals surface area contributed by atoms with E-state index in [9.17, 15) is 5.11 Å². The minimum atomic E-state index is 0.268. The number of phenols is 1. The zero-order valence-corrected chi connectivity index (χ0v) is 12.5. The minimum absolute atomic E-state index is 0.268. The van der Waals surface area contributed by atoms with E-state index in [0.717, 1.165) is 50.1 Å². The molecule has 0 saturated carbocycles. The van der Waals surface area contributed by atoms with Crippen molar-refractivity contribution in [3.05, 3.63) is 28.3 Å². The first kappa shape index (κ1) is 14.6. The summed E-state index contributed by atoms with van der Waals surface area (Å²) in [5, 5.41) is 14.4. The molecule has 0 amide bonds. The summed E-state index contributed by atoms with van der Waals surface area (Å²) in [6, 6.07) is 4.01. The molecule has 106 valence electrons. The molecule has 19 heavy (non-hydrogen) atoms. The molecule has 0 aromatic heterocycles. The molecule has 1 aromatic rings. The Morgan fingerprint density at radius 3 is 2.68 bits per heavy atom. The van der Waals surface area contributed by atoms with E-state index in [2.05, 4.69) is 17.1 Å². The van der Waals surface area contributed by atoms with Crippen molar-refractivity contribution in [2.75, 3.05) is 26.2 Å². The Morgan fingerprint density at radius 1 is 1.37 bits per heavy atom. The van der Waals surface area contributed by atoms with E-state index >= 15 is 0 Å². The van der Waals surface area contributed by atoms with Crippen LogP contribution in [0.1, 0.15) is 36.9 Å². The highest BCUT2D eigenvalue weighted by atomic mass is 35.5. The van der Waals surface area contributed by atoms with Crippen LogP contribution in [0.4, 0.5) is 0 Å². The molecular weight excluding hydrogens is 260 g/mol. The molecule has 1 aliphatic heterocycles. The van der Waals surface area contributed by atoms with Gasteiger partial charge >= 0.3 is 0 Å².